The number of rotatable bonds is 4. The van der Waals surface area contributed by atoms with E-state index in [0.717, 1.165) is 33.6 Å². The number of anilines is 3. The lowest BCUT2D eigenvalue weighted by molar-refractivity contribution is 0.657. The van der Waals surface area contributed by atoms with E-state index in [1.807, 2.05) is 0 Å². The summed E-state index contributed by atoms with van der Waals surface area (Å²) in [4.78, 5) is 2.47. The van der Waals surface area contributed by atoms with E-state index in [1.165, 1.54) is 71.8 Å². The third-order valence-corrected chi connectivity index (χ3v) is 12.4. The number of para-hydroxylation sites is 1. The number of furan rings is 1. The van der Waals surface area contributed by atoms with E-state index in [2.05, 4.69) is 196 Å². The maximum atomic E-state index is 7.10. The van der Waals surface area contributed by atoms with Crippen LogP contribution in [0.5, 0.6) is 0 Å². The second-order valence-electron chi connectivity index (χ2n) is 16.1. The summed E-state index contributed by atoms with van der Waals surface area (Å²) in [7, 11) is 0. The number of benzene rings is 8. The highest BCUT2D eigenvalue weighted by molar-refractivity contribution is 6.26. The van der Waals surface area contributed by atoms with E-state index in [-0.39, 0.29) is 10.8 Å². The first-order valence-corrected chi connectivity index (χ1v) is 19.0. The topological polar surface area (TPSA) is 16.4 Å². The first kappa shape index (κ1) is 31.2. The van der Waals surface area contributed by atoms with Crippen molar-refractivity contribution >= 4 is 49.8 Å². The van der Waals surface area contributed by atoms with Crippen molar-refractivity contribution in [3.05, 3.63) is 186 Å². The maximum Gasteiger partial charge on any atom is 0.144 e. The molecule has 0 atom stereocenters. The van der Waals surface area contributed by atoms with Gasteiger partial charge in [-0.05, 0) is 97.7 Å². The van der Waals surface area contributed by atoms with Crippen molar-refractivity contribution < 1.29 is 4.42 Å². The number of hydrogen-bond acceptors (Lipinski definition) is 2. The molecule has 0 fully saturated rings. The fourth-order valence-electron chi connectivity index (χ4n) is 9.89. The Kier molecular flexibility index (Phi) is 6.39. The molecule has 0 saturated carbocycles. The molecular formula is C52H39NO. The zero-order chi connectivity index (χ0) is 36.3. The third kappa shape index (κ3) is 4.17. The molecule has 0 saturated heterocycles. The van der Waals surface area contributed by atoms with Gasteiger partial charge in [-0.25, -0.2) is 0 Å². The Hall–Kier alpha value is -6.38. The quantitative estimate of drug-likeness (QED) is 0.182. The van der Waals surface area contributed by atoms with E-state index in [0.29, 0.717) is 0 Å². The van der Waals surface area contributed by atoms with Crippen LogP contribution in [0.4, 0.5) is 17.1 Å². The van der Waals surface area contributed by atoms with Gasteiger partial charge in [0.05, 0.1) is 5.69 Å². The normalized spacial score (nSPS) is 14.6. The van der Waals surface area contributed by atoms with Gasteiger partial charge in [0.2, 0.25) is 0 Å². The van der Waals surface area contributed by atoms with E-state index < -0.39 is 0 Å². The molecule has 0 unspecified atom stereocenters. The van der Waals surface area contributed by atoms with Crippen LogP contribution in [0.25, 0.3) is 66.1 Å². The predicted molar refractivity (Wildman–Crippen MR) is 226 cm³/mol. The summed E-state index contributed by atoms with van der Waals surface area (Å²) in [5, 5.41) is 4.84. The fraction of sp³-hybridized carbons (Fsp3) is 0.115. The second kappa shape index (κ2) is 11.1. The molecule has 258 valence electrons. The summed E-state index contributed by atoms with van der Waals surface area (Å²) in [6.07, 6.45) is 0. The van der Waals surface area contributed by atoms with Crippen LogP contribution in [0, 0.1) is 0 Å². The standard InChI is InChI=1S/C52H39NO/c1-51(2)41-23-14-13-20-36(41)37-28-27-35(31-43(37)51)53(34-18-9-6-10-19-34)44-25-15-24-42-47(44)48-49(52(42,3)4)39-22-12-11-21-38(39)46-40-30-33(32-16-7-5-8-17-32)26-29-45(40)54-50(46)48/h5-31H,1-4H3. The zero-order valence-electron chi connectivity index (χ0n) is 30.9. The molecule has 0 aliphatic heterocycles. The number of fused-ring (bicyclic) bond motifs is 13. The van der Waals surface area contributed by atoms with E-state index >= 15 is 0 Å². The van der Waals surface area contributed by atoms with Gasteiger partial charge >= 0.3 is 0 Å². The predicted octanol–water partition coefficient (Wildman–Crippen LogP) is 14.5. The summed E-state index contributed by atoms with van der Waals surface area (Å²) < 4.78 is 7.10. The van der Waals surface area contributed by atoms with Crippen LogP contribution in [0.2, 0.25) is 0 Å². The van der Waals surface area contributed by atoms with E-state index in [4.69, 9.17) is 4.42 Å². The molecule has 2 aliphatic carbocycles. The average molecular weight is 694 g/mol. The molecule has 1 aromatic heterocycles. The molecule has 0 N–H and O–H groups in total. The summed E-state index contributed by atoms with van der Waals surface area (Å²) in [6, 6.07) is 60.0. The molecule has 0 amide bonds. The Bertz CT molecular complexity index is 2980. The largest absolute Gasteiger partial charge is 0.455 e. The highest BCUT2D eigenvalue weighted by atomic mass is 16.3. The van der Waals surface area contributed by atoms with Gasteiger partial charge < -0.3 is 9.32 Å². The van der Waals surface area contributed by atoms with Crippen LogP contribution in [-0.2, 0) is 10.8 Å². The smallest absolute Gasteiger partial charge is 0.144 e. The minimum atomic E-state index is -0.271. The van der Waals surface area contributed by atoms with Crippen LogP contribution < -0.4 is 4.90 Å². The van der Waals surface area contributed by atoms with Gasteiger partial charge in [-0.1, -0.05) is 149 Å². The van der Waals surface area contributed by atoms with Gasteiger partial charge in [0.1, 0.15) is 11.2 Å². The Balaban J connectivity index is 1.22. The highest BCUT2D eigenvalue weighted by Crippen LogP contribution is 2.60. The molecule has 2 aliphatic rings. The molecule has 0 bridgehead atoms. The van der Waals surface area contributed by atoms with Crippen molar-refractivity contribution in [1.82, 2.24) is 0 Å². The van der Waals surface area contributed by atoms with Crippen molar-refractivity contribution in [2.45, 2.75) is 38.5 Å². The van der Waals surface area contributed by atoms with E-state index in [9.17, 15) is 0 Å². The molecule has 0 spiro atoms. The molecule has 2 nitrogen and oxygen atoms in total. The van der Waals surface area contributed by atoms with Crippen molar-refractivity contribution in [3.63, 3.8) is 0 Å². The molecule has 0 radical (unpaired) electrons. The molecule has 54 heavy (non-hydrogen) atoms. The molecule has 2 heteroatoms. The minimum Gasteiger partial charge on any atom is -0.455 e. The van der Waals surface area contributed by atoms with E-state index in [1.54, 1.807) is 0 Å². The number of nitrogens with zero attached hydrogens (tertiary/aromatic N) is 1. The monoisotopic (exact) mass is 693 g/mol. The van der Waals surface area contributed by atoms with Crippen LogP contribution >= 0.6 is 0 Å². The molecule has 8 aromatic carbocycles. The summed E-state index contributed by atoms with van der Waals surface area (Å²) in [6.45, 7) is 9.50. The average Bonchev–Trinajstić information content (AvgIpc) is 3.79. The van der Waals surface area contributed by atoms with Gasteiger partial charge in [0, 0.05) is 44.1 Å². The Morgan fingerprint density at radius 1 is 0.444 bits per heavy atom. The summed E-state index contributed by atoms with van der Waals surface area (Å²) >= 11 is 0. The summed E-state index contributed by atoms with van der Waals surface area (Å²) in [5.74, 6) is 0. The van der Waals surface area contributed by atoms with Crippen molar-refractivity contribution in [2.75, 3.05) is 4.90 Å². The molecule has 1 heterocycles. The Morgan fingerprint density at radius 2 is 1.13 bits per heavy atom. The molecule has 9 aromatic rings. The van der Waals surface area contributed by atoms with Crippen molar-refractivity contribution in [1.29, 1.82) is 0 Å². The molecular weight excluding hydrogens is 655 g/mol. The van der Waals surface area contributed by atoms with Crippen molar-refractivity contribution in [2.24, 2.45) is 0 Å². The van der Waals surface area contributed by atoms with Crippen molar-refractivity contribution in [3.8, 4) is 33.4 Å². The SMILES string of the molecule is CC1(C)c2ccccc2-c2ccc(N(c3ccccc3)c3cccc4c3-c3c(c5ccccc5c5c3oc3ccc(-c6ccccc6)cc35)C4(C)C)cc21. The van der Waals surface area contributed by atoms with Gasteiger partial charge in [-0.3, -0.25) is 0 Å². The first-order valence-electron chi connectivity index (χ1n) is 19.0. The minimum absolute atomic E-state index is 0.116. The molecule has 11 rings (SSSR count). The first-order chi connectivity index (χ1) is 26.3. The Morgan fingerprint density at radius 3 is 1.94 bits per heavy atom. The van der Waals surface area contributed by atoms with Crippen LogP contribution in [-0.4, -0.2) is 0 Å². The third-order valence-electron chi connectivity index (χ3n) is 12.4. The maximum absolute atomic E-state index is 7.10. The van der Waals surface area contributed by atoms with Crippen LogP contribution in [0.1, 0.15) is 49.9 Å². The lowest BCUT2D eigenvalue weighted by atomic mass is 9.79. The lowest BCUT2D eigenvalue weighted by Gasteiger charge is -2.30. The summed E-state index contributed by atoms with van der Waals surface area (Å²) in [5.41, 5.74) is 17.8. The van der Waals surface area contributed by atoms with Gasteiger partial charge in [0.25, 0.3) is 0 Å². The Labute approximate surface area is 315 Å². The zero-order valence-corrected chi connectivity index (χ0v) is 30.9. The fourth-order valence-corrected chi connectivity index (χ4v) is 9.89. The van der Waals surface area contributed by atoms with Gasteiger partial charge in [-0.2, -0.15) is 0 Å². The number of hydrogen-bond donors (Lipinski definition) is 0. The van der Waals surface area contributed by atoms with Crippen LogP contribution in [0.15, 0.2) is 168 Å². The lowest BCUT2D eigenvalue weighted by Crippen LogP contribution is -2.17. The second-order valence-corrected chi connectivity index (χ2v) is 16.1. The highest BCUT2D eigenvalue weighted by Gasteiger charge is 2.42. The van der Waals surface area contributed by atoms with Gasteiger partial charge in [-0.15, -0.1) is 0 Å². The van der Waals surface area contributed by atoms with Crippen LogP contribution in [0.3, 0.4) is 0 Å². The van der Waals surface area contributed by atoms with Gasteiger partial charge in [0.15, 0.2) is 0 Å².